The third kappa shape index (κ3) is 2.22. The summed E-state index contributed by atoms with van der Waals surface area (Å²) >= 11 is 0. The van der Waals surface area contributed by atoms with Crippen LogP contribution in [0.2, 0.25) is 0 Å². The van der Waals surface area contributed by atoms with Gasteiger partial charge in [-0.15, -0.1) is 0 Å². The lowest BCUT2D eigenvalue weighted by Crippen LogP contribution is -2.68. The van der Waals surface area contributed by atoms with Gasteiger partial charge in [0.2, 0.25) is 0 Å². The molecule has 144 valence electrons. The van der Waals surface area contributed by atoms with Gasteiger partial charge in [0.15, 0.2) is 0 Å². The van der Waals surface area contributed by atoms with Crippen LogP contribution in [0, 0.1) is 28.6 Å². The summed E-state index contributed by atoms with van der Waals surface area (Å²) in [6.45, 7) is 5.56. The van der Waals surface area contributed by atoms with E-state index in [1.54, 1.807) is 0 Å². The fourth-order valence-electron chi connectivity index (χ4n) is 7.16. The largest absolute Gasteiger partial charge is 0.459 e. The van der Waals surface area contributed by atoms with Gasteiger partial charge in [-0.1, -0.05) is 13.8 Å². The maximum absolute atomic E-state index is 12.6. The van der Waals surface area contributed by atoms with Crippen molar-refractivity contribution in [2.75, 3.05) is 0 Å². The smallest absolute Gasteiger partial charge is 0.303 e. The highest BCUT2D eigenvalue weighted by atomic mass is 16.6. The van der Waals surface area contributed by atoms with Crippen molar-refractivity contribution in [3.8, 4) is 0 Å². The molecule has 0 spiro atoms. The number of carbonyl (C=O) groups excluding carboxylic acids is 3. The van der Waals surface area contributed by atoms with E-state index in [2.05, 4.69) is 13.8 Å². The second-order valence-corrected chi connectivity index (χ2v) is 9.69. The van der Waals surface area contributed by atoms with Gasteiger partial charge in [0.05, 0.1) is 0 Å². The van der Waals surface area contributed by atoms with Crippen molar-refractivity contribution < 1.29 is 24.2 Å². The molecule has 0 aromatic rings. The zero-order valence-corrected chi connectivity index (χ0v) is 16.0. The van der Waals surface area contributed by atoms with E-state index in [1.807, 2.05) is 0 Å². The summed E-state index contributed by atoms with van der Waals surface area (Å²) in [6, 6.07) is 0. The molecule has 26 heavy (non-hydrogen) atoms. The van der Waals surface area contributed by atoms with Crippen molar-refractivity contribution in [3.05, 3.63) is 0 Å². The van der Waals surface area contributed by atoms with Gasteiger partial charge < -0.3 is 9.84 Å². The van der Waals surface area contributed by atoms with Gasteiger partial charge in [0, 0.05) is 37.0 Å². The van der Waals surface area contributed by atoms with E-state index in [0.717, 1.165) is 19.3 Å². The van der Waals surface area contributed by atoms with E-state index >= 15 is 0 Å². The topological polar surface area (TPSA) is 80.7 Å². The van der Waals surface area contributed by atoms with E-state index in [1.165, 1.54) is 6.92 Å². The van der Waals surface area contributed by atoms with Crippen molar-refractivity contribution in [2.24, 2.45) is 28.6 Å². The average Bonchev–Trinajstić information content (AvgIpc) is 2.85. The average molecular weight is 362 g/mol. The molecule has 0 radical (unpaired) electrons. The molecule has 0 heterocycles. The van der Waals surface area contributed by atoms with Crippen LogP contribution in [0.4, 0.5) is 0 Å². The van der Waals surface area contributed by atoms with Crippen LogP contribution in [0.1, 0.15) is 72.1 Å². The van der Waals surface area contributed by atoms with Crippen LogP contribution in [-0.2, 0) is 19.1 Å². The number of ketones is 2. The molecule has 0 saturated heterocycles. The molecule has 0 aromatic carbocycles. The zero-order chi connectivity index (χ0) is 18.9. The molecule has 0 bridgehead atoms. The van der Waals surface area contributed by atoms with Crippen LogP contribution in [0.3, 0.4) is 0 Å². The minimum absolute atomic E-state index is 0.0530. The Bertz CT molecular complexity index is 671. The predicted octanol–water partition coefficient (Wildman–Crippen LogP) is 2.82. The number of aliphatic hydroxyl groups is 1. The Morgan fingerprint density at radius 2 is 1.85 bits per heavy atom. The minimum atomic E-state index is -1.29. The highest BCUT2D eigenvalue weighted by Gasteiger charge is 2.68. The number of esters is 1. The Balaban J connectivity index is 1.76. The third-order valence-corrected chi connectivity index (χ3v) is 8.67. The second-order valence-electron chi connectivity index (χ2n) is 9.69. The second kappa shape index (κ2) is 5.63. The van der Waals surface area contributed by atoms with Crippen LogP contribution in [0.25, 0.3) is 0 Å². The number of fused-ring (bicyclic) bond motifs is 5. The first-order chi connectivity index (χ1) is 12.1. The lowest BCUT2D eigenvalue weighted by Gasteiger charge is -2.64. The molecular weight excluding hydrogens is 332 g/mol. The van der Waals surface area contributed by atoms with E-state index < -0.39 is 23.1 Å². The maximum Gasteiger partial charge on any atom is 0.303 e. The van der Waals surface area contributed by atoms with Crippen molar-refractivity contribution in [2.45, 2.75) is 83.8 Å². The van der Waals surface area contributed by atoms with Gasteiger partial charge in [-0.2, -0.15) is 0 Å². The Hall–Kier alpha value is -1.23. The molecule has 7 atom stereocenters. The number of hydrogen-bond donors (Lipinski definition) is 1. The van der Waals surface area contributed by atoms with Crippen molar-refractivity contribution in [1.29, 1.82) is 0 Å². The van der Waals surface area contributed by atoms with Crippen LogP contribution >= 0.6 is 0 Å². The summed E-state index contributed by atoms with van der Waals surface area (Å²) in [6.07, 6.45) is 4.42. The molecule has 1 N–H and O–H groups in total. The van der Waals surface area contributed by atoms with Gasteiger partial charge in [0.25, 0.3) is 0 Å². The first-order valence-electron chi connectivity index (χ1n) is 10.1. The minimum Gasteiger partial charge on any atom is -0.459 e. The van der Waals surface area contributed by atoms with Crippen molar-refractivity contribution in [1.82, 2.24) is 0 Å². The number of ether oxygens (including phenoxy) is 1. The highest BCUT2D eigenvalue weighted by molar-refractivity contribution is 5.87. The van der Waals surface area contributed by atoms with Crippen LogP contribution in [-0.4, -0.2) is 34.3 Å². The molecule has 4 rings (SSSR count). The number of Topliss-reactive ketones (excluding diaryl/α,β-unsaturated/α-hetero) is 2. The highest BCUT2D eigenvalue weighted by Crippen LogP contribution is 2.66. The number of carbonyl (C=O) groups is 3. The Morgan fingerprint density at radius 1 is 1.12 bits per heavy atom. The van der Waals surface area contributed by atoms with Crippen molar-refractivity contribution >= 4 is 17.5 Å². The summed E-state index contributed by atoms with van der Waals surface area (Å²) in [5.41, 5.74) is -2.00. The van der Waals surface area contributed by atoms with Gasteiger partial charge in [-0.05, 0) is 49.9 Å². The lowest BCUT2D eigenvalue weighted by molar-refractivity contribution is -0.253. The fourth-order valence-corrected chi connectivity index (χ4v) is 7.16. The van der Waals surface area contributed by atoms with E-state index in [4.69, 9.17) is 4.74 Å². The third-order valence-electron chi connectivity index (χ3n) is 8.67. The molecule has 0 amide bonds. The monoisotopic (exact) mass is 362 g/mol. The lowest BCUT2D eigenvalue weighted by atomic mass is 9.43. The summed E-state index contributed by atoms with van der Waals surface area (Å²) in [5, 5.41) is 11.7. The quantitative estimate of drug-likeness (QED) is 0.726. The number of rotatable bonds is 1. The van der Waals surface area contributed by atoms with Gasteiger partial charge in [-0.25, -0.2) is 0 Å². The molecule has 4 fully saturated rings. The van der Waals surface area contributed by atoms with Gasteiger partial charge in [-0.3, -0.25) is 14.4 Å². The number of hydrogen-bond acceptors (Lipinski definition) is 5. The summed E-state index contributed by atoms with van der Waals surface area (Å²) in [5.74, 6) is 0.848. The predicted molar refractivity (Wildman–Crippen MR) is 94.1 cm³/mol. The normalized spacial score (nSPS) is 50.6. The van der Waals surface area contributed by atoms with Crippen molar-refractivity contribution in [3.63, 3.8) is 0 Å². The SMILES string of the molecule is CC(=O)O[C@@H]1C[C@H]2[C@@H](CC[C@@]3(C)C(=O)CC[C@@H]23)[C@]2(C)CCC(=O)C[C@]12O. The van der Waals surface area contributed by atoms with E-state index in [0.29, 0.717) is 37.4 Å². The first-order valence-corrected chi connectivity index (χ1v) is 10.1. The maximum atomic E-state index is 12.6. The van der Waals surface area contributed by atoms with E-state index in [-0.39, 0.29) is 29.5 Å². The zero-order valence-electron chi connectivity index (χ0n) is 16.0. The molecule has 0 aliphatic heterocycles. The molecule has 4 saturated carbocycles. The first kappa shape index (κ1) is 18.1. The molecule has 5 heteroatoms. The van der Waals surface area contributed by atoms with Crippen LogP contribution < -0.4 is 0 Å². The fraction of sp³-hybridized carbons (Fsp3) is 0.857. The Kier molecular flexibility index (Phi) is 3.93. The standard InChI is InChI=1S/C21H30O5/c1-12(22)26-18-10-14-15-4-5-17(24)19(15,2)8-7-16(14)20(3)9-6-13(23)11-21(18,20)25/h14-16,18,25H,4-11H2,1-3H3/t14-,15+,16-,18-,19-,20+,21+/m1/s1. The van der Waals surface area contributed by atoms with Gasteiger partial charge in [0.1, 0.15) is 23.3 Å². The summed E-state index contributed by atoms with van der Waals surface area (Å²) in [4.78, 5) is 36.5. The van der Waals surface area contributed by atoms with E-state index in [9.17, 15) is 19.5 Å². The van der Waals surface area contributed by atoms with Crippen LogP contribution in [0.5, 0.6) is 0 Å². The molecule has 0 unspecified atom stereocenters. The molecule has 0 aromatic heterocycles. The molecular formula is C21H30O5. The Morgan fingerprint density at radius 3 is 2.54 bits per heavy atom. The molecule has 4 aliphatic rings. The summed E-state index contributed by atoms with van der Waals surface area (Å²) < 4.78 is 5.61. The molecule has 5 nitrogen and oxygen atoms in total. The van der Waals surface area contributed by atoms with Crippen LogP contribution in [0.15, 0.2) is 0 Å². The molecule has 4 aliphatic carbocycles. The van der Waals surface area contributed by atoms with Gasteiger partial charge >= 0.3 is 5.97 Å². The summed E-state index contributed by atoms with van der Waals surface area (Å²) in [7, 11) is 0. The Labute approximate surface area is 154 Å².